The molecule has 0 saturated heterocycles. The normalized spacial score (nSPS) is 13.6. The smallest absolute Gasteiger partial charge is 0.324 e. The van der Waals surface area contributed by atoms with E-state index in [1.165, 1.54) is 5.32 Å². The zero-order chi connectivity index (χ0) is 20.8. The largest absolute Gasteiger partial charge is 0.439 e. The van der Waals surface area contributed by atoms with Gasteiger partial charge in [0.2, 0.25) is 5.91 Å². The fourth-order valence-corrected chi connectivity index (χ4v) is 3.77. The molecule has 0 unspecified atom stereocenters. The molecule has 0 aliphatic heterocycles. The van der Waals surface area contributed by atoms with Crippen LogP contribution in [0.1, 0.15) is 6.92 Å². The van der Waals surface area contributed by atoms with Crippen molar-refractivity contribution in [3.8, 4) is 0 Å². The second-order valence-corrected chi connectivity index (χ2v) is 8.52. The minimum Gasteiger partial charge on any atom is -0.324 e. The number of nitrogens with one attached hydrogen (secondary N) is 2. The lowest BCUT2D eigenvalue weighted by molar-refractivity contribution is -0.295. The summed E-state index contributed by atoms with van der Waals surface area (Å²) in [5.74, 6) is -1.57. The highest BCUT2D eigenvalue weighted by atomic mass is 32.2. The van der Waals surface area contributed by atoms with Gasteiger partial charge in [0, 0.05) is 13.2 Å². The number of halogens is 6. The van der Waals surface area contributed by atoms with Crippen LogP contribution in [0.25, 0.3) is 10.2 Å². The number of carbonyl (C=O) groups excluding carboxylic acids is 1. The first-order valence-electron chi connectivity index (χ1n) is 6.88. The number of aromatic nitrogens is 1. The molecule has 1 aromatic heterocycles. The topological polar surface area (TPSA) is 88.2 Å². The predicted molar refractivity (Wildman–Crippen MR) is 85.0 cm³/mol. The quantitative estimate of drug-likeness (QED) is 0.569. The Labute approximate surface area is 152 Å². The second-order valence-electron chi connectivity index (χ2n) is 5.47. The average Bonchev–Trinajstić information content (AvgIpc) is 2.83. The molecule has 0 spiro atoms. The molecule has 0 fully saturated rings. The Morgan fingerprint density at radius 3 is 2.11 bits per heavy atom. The number of nitrogens with zero attached hydrogens (tertiary/aromatic N) is 1. The summed E-state index contributed by atoms with van der Waals surface area (Å²) >= 11 is 0.376. The summed E-state index contributed by atoms with van der Waals surface area (Å²) in [5.41, 5.74) is -4.78. The molecule has 0 saturated carbocycles. The molecule has 0 aliphatic rings. The Bertz CT molecular complexity index is 967. The summed E-state index contributed by atoms with van der Waals surface area (Å²) in [5, 5.41) is 1.29. The first-order valence-corrected chi connectivity index (χ1v) is 9.59. The Hall–Kier alpha value is -2.09. The summed E-state index contributed by atoms with van der Waals surface area (Å²) < 4.78 is 103. The van der Waals surface area contributed by atoms with Gasteiger partial charge in [0.25, 0.3) is 0 Å². The molecule has 27 heavy (non-hydrogen) atoms. The van der Waals surface area contributed by atoms with Gasteiger partial charge in [0.1, 0.15) is 0 Å². The molecule has 0 atom stereocenters. The zero-order valence-electron chi connectivity index (χ0n) is 13.5. The van der Waals surface area contributed by atoms with Gasteiger partial charge in [-0.2, -0.15) is 26.3 Å². The summed E-state index contributed by atoms with van der Waals surface area (Å²) in [7, 11) is -3.64. The van der Waals surface area contributed by atoms with Crippen molar-refractivity contribution in [2.24, 2.45) is 0 Å². The summed E-state index contributed by atoms with van der Waals surface area (Å²) in [4.78, 5) is 14.5. The number of amides is 1. The van der Waals surface area contributed by atoms with Crippen molar-refractivity contribution in [1.29, 1.82) is 0 Å². The first kappa shape index (κ1) is 21.2. The number of hydrogen-bond acceptors (Lipinski definition) is 6. The summed E-state index contributed by atoms with van der Waals surface area (Å²) in [6.45, 7) is 0.505. The van der Waals surface area contributed by atoms with Crippen LogP contribution in [-0.2, 0) is 14.6 Å². The Morgan fingerprint density at radius 1 is 1.11 bits per heavy atom. The molecule has 2 aromatic rings. The molecule has 0 radical (unpaired) electrons. The van der Waals surface area contributed by atoms with Crippen LogP contribution < -0.4 is 10.6 Å². The molecule has 6 nitrogen and oxygen atoms in total. The molecule has 2 rings (SSSR count). The van der Waals surface area contributed by atoms with Crippen LogP contribution in [0, 0.1) is 0 Å². The third kappa shape index (κ3) is 4.10. The van der Waals surface area contributed by atoms with Crippen LogP contribution in [0.4, 0.5) is 31.5 Å². The highest BCUT2D eigenvalue weighted by Crippen LogP contribution is 2.44. The molecular formula is C13H11F6N3O3S2. The Balaban J connectivity index is 2.59. The zero-order valence-corrected chi connectivity index (χ0v) is 15.1. The van der Waals surface area contributed by atoms with E-state index in [-0.39, 0.29) is 15.1 Å². The Kier molecular flexibility index (Phi) is 5.11. The van der Waals surface area contributed by atoms with Crippen LogP contribution in [0.2, 0.25) is 0 Å². The maximum Gasteiger partial charge on any atom is 0.439 e. The molecule has 0 aliphatic carbocycles. The van der Waals surface area contributed by atoms with E-state index >= 15 is 0 Å². The monoisotopic (exact) mass is 435 g/mol. The number of fused-ring (bicyclic) bond motifs is 1. The number of alkyl halides is 6. The van der Waals surface area contributed by atoms with Gasteiger partial charge in [-0.15, -0.1) is 0 Å². The Morgan fingerprint density at radius 2 is 1.67 bits per heavy atom. The summed E-state index contributed by atoms with van der Waals surface area (Å²) in [6, 6.07) is 3.35. The van der Waals surface area contributed by atoms with E-state index in [1.807, 2.05) is 0 Å². The van der Waals surface area contributed by atoms with Crippen molar-refractivity contribution >= 4 is 42.4 Å². The lowest BCUT2D eigenvalue weighted by Gasteiger charge is -2.37. The third-order valence-corrected chi connectivity index (χ3v) is 5.34. The van der Waals surface area contributed by atoms with Crippen LogP contribution in [-0.4, -0.2) is 43.6 Å². The maximum absolute atomic E-state index is 13.3. The van der Waals surface area contributed by atoms with E-state index in [2.05, 4.69) is 4.98 Å². The predicted octanol–water partition coefficient (Wildman–Crippen LogP) is 3.07. The number of carbonyl (C=O) groups is 1. The van der Waals surface area contributed by atoms with Crippen molar-refractivity contribution < 1.29 is 39.6 Å². The third-order valence-electron chi connectivity index (χ3n) is 3.30. The van der Waals surface area contributed by atoms with Gasteiger partial charge in [0.05, 0.1) is 15.1 Å². The van der Waals surface area contributed by atoms with Crippen molar-refractivity contribution in [2.75, 3.05) is 11.6 Å². The number of thiazole rings is 1. The van der Waals surface area contributed by atoms with Crippen LogP contribution in [0.5, 0.6) is 0 Å². The SMILES string of the molecule is CC(=O)NC(Nc1nc2ccc(S(C)(=O)=O)cc2s1)(C(F)(F)F)C(F)(F)F. The van der Waals surface area contributed by atoms with E-state index in [1.54, 1.807) is 0 Å². The highest BCUT2D eigenvalue weighted by molar-refractivity contribution is 7.90. The van der Waals surface area contributed by atoms with Crippen LogP contribution >= 0.6 is 11.3 Å². The van der Waals surface area contributed by atoms with Gasteiger partial charge in [-0.1, -0.05) is 11.3 Å². The van der Waals surface area contributed by atoms with Crippen molar-refractivity contribution in [1.82, 2.24) is 10.3 Å². The fraction of sp³-hybridized carbons (Fsp3) is 0.385. The van der Waals surface area contributed by atoms with E-state index in [0.717, 1.165) is 29.8 Å². The number of sulfone groups is 1. The van der Waals surface area contributed by atoms with Crippen molar-refractivity contribution in [3.05, 3.63) is 18.2 Å². The van der Waals surface area contributed by atoms with Gasteiger partial charge in [-0.3, -0.25) is 4.79 Å². The molecule has 2 N–H and O–H groups in total. The molecule has 14 heteroatoms. The molecule has 1 aromatic carbocycles. The van der Waals surface area contributed by atoms with E-state index in [9.17, 15) is 39.6 Å². The fourth-order valence-electron chi connectivity index (χ4n) is 2.09. The molecule has 150 valence electrons. The molecular weight excluding hydrogens is 424 g/mol. The van der Waals surface area contributed by atoms with Crippen molar-refractivity contribution in [2.45, 2.75) is 29.8 Å². The second kappa shape index (κ2) is 6.51. The average molecular weight is 435 g/mol. The maximum atomic E-state index is 13.3. The number of rotatable bonds is 4. The number of benzene rings is 1. The van der Waals surface area contributed by atoms with E-state index < -0.39 is 38.9 Å². The first-order chi connectivity index (χ1) is 12.1. The van der Waals surface area contributed by atoms with Gasteiger partial charge < -0.3 is 10.6 Å². The molecule has 1 amide bonds. The van der Waals surface area contributed by atoms with Crippen LogP contribution in [0.15, 0.2) is 23.1 Å². The van der Waals surface area contributed by atoms with Gasteiger partial charge in [-0.25, -0.2) is 13.4 Å². The molecule has 1 heterocycles. The molecule has 0 bridgehead atoms. The summed E-state index contributed by atoms with van der Waals surface area (Å²) in [6.07, 6.45) is -11.0. The lowest BCUT2D eigenvalue weighted by atomic mass is 10.1. The lowest BCUT2D eigenvalue weighted by Crippen LogP contribution is -2.71. The van der Waals surface area contributed by atoms with Gasteiger partial charge in [-0.05, 0) is 18.2 Å². The van der Waals surface area contributed by atoms with E-state index in [0.29, 0.717) is 18.3 Å². The number of anilines is 1. The highest BCUT2D eigenvalue weighted by Gasteiger charge is 2.72. The van der Waals surface area contributed by atoms with Crippen molar-refractivity contribution in [3.63, 3.8) is 0 Å². The van der Waals surface area contributed by atoms with Gasteiger partial charge in [0.15, 0.2) is 15.0 Å². The minimum absolute atomic E-state index is 0.0176. The van der Waals surface area contributed by atoms with Gasteiger partial charge >= 0.3 is 18.0 Å². The minimum atomic E-state index is -5.95. The standard InChI is InChI=1S/C13H11F6N3O3S2/c1-6(23)21-11(12(14,15)16,13(17,18)19)22-10-20-8-4-3-7(27(2,24)25)5-9(8)26-10/h3-5H,1-2H3,(H,20,22)(H,21,23). The van der Waals surface area contributed by atoms with Crippen LogP contribution in [0.3, 0.4) is 0 Å². The van der Waals surface area contributed by atoms with E-state index in [4.69, 9.17) is 0 Å². The number of hydrogen-bond donors (Lipinski definition) is 2.